The summed E-state index contributed by atoms with van der Waals surface area (Å²) in [5.41, 5.74) is 1.32. The number of benzene rings is 1. The van der Waals surface area contributed by atoms with E-state index < -0.39 is 0 Å². The van der Waals surface area contributed by atoms with Crippen molar-refractivity contribution in [2.24, 2.45) is 0 Å². The average molecular weight is 366 g/mol. The predicted octanol–water partition coefficient (Wildman–Crippen LogP) is 3.59. The van der Waals surface area contributed by atoms with E-state index in [-0.39, 0.29) is 0 Å². The molecule has 0 spiro atoms. The molecule has 3 rings (SSSR count). The minimum absolute atomic E-state index is 0.560. The summed E-state index contributed by atoms with van der Waals surface area (Å²) in [6, 6.07) is 9.47. The number of halogens is 2. The van der Waals surface area contributed by atoms with E-state index >= 15 is 0 Å². The zero-order chi connectivity index (χ0) is 16.8. The fraction of sp³-hybridized carbons (Fsp3) is 0.389. The molecule has 1 aromatic carbocycles. The van der Waals surface area contributed by atoms with Crippen LogP contribution >= 0.6 is 23.2 Å². The van der Waals surface area contributed by atoms with Crippen molar-refractivity contribution in [3.8, 4) is 5.75 Å². The van der Waals surface area contributed by atoms with E-state index in [4.69, 9.17) is 27.9 Å². The van der Waals surface area contributed by atoms with Crippen molar-refractivity contribution in [3.63, 3.8) is 0 Å². The molecule has 0 bridgehead atoms. The summed E-state index contributed by atoms with van der Waals surface area (Å²) in [5.74, 6) is 0.692. The lowest BCUT2D eigenvalue weighted by Gasteiger charge is -2.34. The van der Waals surface area contributed by atoms with E-state index in [1.54, 1.807) is 12.1 Å². The van der Waals surface area contributed by atoms with Crippen LogP contribution < -0.4 is 4.74 Å². The molecule has 128 valence electrons. The molecule has 2 heterocycles. The van der Waals surface area contributed by atoms with Crippen LogP contribution in [0.5, 0.6) is 5.75 Å². The van der Waals surface area contributed by atoms with E-state index in [2.05, 4.69) is 26.9 Å². The number of pyridine rings is 1. The van der Waals surface area contributed by atoms with Gasteiger partial charge in [0.1, 0.15) is 12.4 Å². The van der Waals surface area contributed by atoms with E-state index in [1.807, 2.05) is 18.5 Å². The molecule has 2 aromatic rings. The number of ether oxygens (including phenoxy) is 1. The Balaban J connectivity index is 1.38. The molecule has 1 aliphatic rings. The molecule has 0 amide bonds. The molecule has 24 heavy (non-hydrogen) atoms. The Morgan fingerprint density at radius 3 is 2.38 bits per heavy atom. The number of piperazine rings is 1. The number of hydrogen-bond donors (Lipinski definition) is 0. The zero-order valence-corrected chi connectivity index (χ0v) is 15.0. The standard InChI is InChI=1S/C18H21Cl2N3O/c19-16-1-2-18(17(20)13-16)24-12-11-22-7-9-23(10-8-22)14-15-3-5-21-6-4-15/h1-6,13H,7-12,14H2. The molecule has 0 atom stereocenters. The highest BCUT2D eigenvalue weighted by Crippen LogP contribution is 2.27. The van der Waals surface area contributed by atoms with Gasteiger partial charge in [0, 0.05) is 56.7 Å². The predicted molar refractivity (Wildman–Crippen MR) is 97.9 cm³/mol. The third-order valence-corrected chi connectivity index (χ3v) is 4.71. The summed E-state index contributed by atoms with van der Waals surface area (Å²) in [4.78, 5) is 8.96. The Labute approximate surface area is 152 Å². The number of rotatable bonds is 6. The summed E-state index contributed by atoms with van der Waals surface area (Å²) in [7, 11) is 0. The lowest BCUT2D eigenvalue weighted by atomic mass is 10.2. The highest BCUT2D eigenvalue weighted by molar-refractivity contribution is 6.35. The second-order valence-corrected chi connectivity index (χ2v) is 6.74. The summed E-state index contributed by atoms with van der Waals surface area (Å²) >= 11 is 12.0. The van der Waals surface area contributed by atoms with Gasteiger partial charge >= 0.3 is 0 Å². The first-order valence-electron chi connectivity index (χ1n) is 8.12. The van der Waals surface area contributed by atoms with Gasteiger partial charge in [-0.25, -0.2) is 0 Å². The normalized spacial score (nSPS) is 16.2. The third-order valence-electron chi connectivity index (χ3n) is 4.18. The maximum atomic E-state index is 6.11. The highest BCUT2D eigenvalue weighted by atomic mass is 35.5. The molecular formula is C18H21Cl2N3O. The summed E-state index contributed by atoms with van der Waals surface area (Å²) in [6.07, 6.45) is 3.70. The van der Waals surface area contributed by atoms with Gasteiger partial charge in [-0.1, -0.05) is 23.2 Å². The monoisotopic (exact) mass is 365 g/mol. The van der Waals surface area contributed by atoms with Crippen molar-refractivity contribution in [1.29, 1.82) is 0 Å². The lowest BCUT2D eigenvalue weighted by Crippen LogP contribution is -2.47. The van der Waals surface area contributed by atoms with Gasteiger partial charge in [-0.05, 0) is 35.9 Å². The Hall–Kier alpha value is -1.33. The number of hydrogen-bond acceptors (Lipinski definition) is 4. The van der Waals surface area contributed by atoms with Gasteiger partial charge in [0.2, 0.25) is 0 Å². The first kappa shape index (κ1) is 17.5. The smallest absolute Gasteiger partial charge is 0.138 e. The number of aromatic nitrogens is 1. The first-order valence-corrected chi connectivity index (χ1v) is 8.88. The number of nitrogens with zero attached hydrogens (tertiary/aromatic N) is 3. The van der Waals surface area contributed by atoms with Crippen molar-refractivity contribution in [2.75, 3.05) is 39.3 Å². The Bertz CT molecular complexity index is 646. The largest absolute Gasteiger partial charge is 0.491 e. The molecule has 1 aliphatic heterocycles. The minimum atomic E-state index is 0.560. The molecule has 4 nitrogen and oxygen atoms in total. The van der Waals surface area contributed by atoms with E-state index in [1.165, 1.54) is 5.56 Å². The van der Waals surface area contributed by atoms with Crippen molar-refractivity contribution >= 4 is 23.2 Å². The Morgan fingerprint density at radius 1 is 0.958 bits per heavy atom. The van der Waals surface area contributed by atoms with Crippen molar-refractivity contribution < 1.29 is 4.74 Å². The van der Waals surface area contributed by atoms with Gasteiger partial charge in [-0.15, -0.1) is 0 Å². The zero-order valence-electron chi connectivity index (χ0n) is 13.5. The molecule has 6 heteroatoms. The van der Waals surface area contributed by atoms with Gasteiger partial charge in [0.05, 0.1) is 5.02 Å². The fourth-order valence-corrected chi connectivity index (χ4v) is 3.26. The lowest BCUT2D eigenvalue weighted by molar-refractivity contribution is 0.112. The van der Waals surface area contributed by atoms with Crippen LogP contribution in [0.3, 0.4) is 0 Å². The second kappa shape index (κ2) is 8.67. The maximum absolute atomic E-state index is 6.11. The molecular weight excluding hydrogens is 345 g/mol. The highest BCUT2D eigenvalue weighted by Gasteiger charge is 2.16. The molecule has 0 saturated carbocycles. The van der Waals surface area contributed by atoms with Crippen LogP contribution in [0.4, 0.5) is 0 Å². The van der Waals surface area contributed by atoms with E-state index in [9.17, 15) is 0 Å². The van der Waals surface area contributed by atoms with Crippen LogP contribution in [0.25, 0.3) is 0 Å². The molecule has 0 unspecified atom stereocenters. The van der Waals surface area contributed by atoms with Crippen LogP contribution in [-0.4, -0.2) is 54.1 Å². The Morgan fingerprint density at radius 2 is 1.67 bits per heavy atom. The molecule has 0 N–H and O–H groups in total. The molecule has 0 aliphatic carbocycles. The summed E-state index contributed by atoms with van der Waals surface area (Å²) in [6.45, 7) is 6.79. The van der Waals surface area contributed by atoms with E-state index in [0.717, 1.165) is 39.3 Å². The van der Waals surface area contributed by atoms with Crippen LogP contribution in [0, 0.1) is 0 Å². The van der Waals surface area contributed by atoms with Gasteiger partial charge < -0.3 is 4.74 Å². The van der Waals surface area contributed by atoms with Gasteiger partial charge in [0.15, 0.2) is 0 Å². The summed E-state index contributed by atoms with van der Waals surface area (Å²) < 4.78 is 5.76. The van der Waals surface area contributed by atoms with Gasteiger partial charge in [0.25, 0.3) is 0 Å². The minimum Gasteiger partial charge on any atom is -0.491 e. The molecule has 0 radical (unpaired) electrons. The van der Waals surface area contributed by atoms with Crippen LogP contribution in [0.2, 0.25) is 10.0 Å². The average Bonchev–Trinajstić information content (AvgIpc) is 2.59. The second-order valence-electron chi connectivity index (χ2n) is 5.90. The van der Waals surface area contributed by atoms with Crippen LogP contribution in [0.1, 0.15) is 5.56 Å². The van der Waals surface area contributed by atoms with Crippen LogP contribution in [0.15, 0.2) is 42.7 Å². The topological polar surface area (TPSA) is 28.6 Å². The quantitative estimate of drug-likeness (QED) is 0.781. The van der Waals surface area contributed by atoms with Gasteiger partial charge in [-0.3, -0.25) is 14.8 Å². The fourth-order valence-electron chi connectivity index (χ4n) is 2.79. The SMILES string of the molecule is Clc1ccc(OCCN2CCN(Cc3ccncc3)CC2)c(Cl)c1. The van der Waals surface area contributed by atoms with Crippen molar-refractivity contribution in [1.82, 2.24) is 14.8 Å². The maximum Gasteiger partial charge on any atom is 0.138 e. The molecule has 1 saturated heterocycles. The summed E-state index contributed by atoms with van der Waals surface area (Å²) in [5, 5.41) is 1.18. The van der Waals surface area contributed by atoms with Crippen molar-refractivity contribution in [2.45, 2.75) is 6.54 Å². The van der Waals surface area contributed by atoms with E-state index in [0.29, 0.717) is 22.4 Å². The Kier molecular flexibility index (Phi) is 6.32. The third kappa shape index (κ3) is 5.08. The van der Waals surface area contributed by atoms with Gasteiger partial charge in [-0.2, -0.15) is 0 Å². The molecule has 1 fully saturated rings. The van der Waals surface area contributed by atoms with Crippen LogP contribution in [-0.2, 0) is 6.54 Å². The first-order chi connectivity index (χ1) is 11.7. The molecule has 1 aromatic heterocycles. The van der Waals surface area contributed by atoms with Crippen molar-refractivity contribution in [3.05, 3.63) is 58.3 Å².